The van der Waals surface area contributed by atoms with Crippen LogP contribution < -0.4 is 11.2 Å². The van der Waals surface area contributed by atoms with Crippen LogP contribution in [0.3, 0.4) is 0 Å². The van der Waals surface area contributed by atoms with E-state index in [0.29, 0.717) is 0 Å². The topological polar surface area (TPSA) is 64.4 Å². The Morgan fingerprint density at radius 2 is 2.50 bits per heavy atom. The zero-order valence-electron chi connectivity index (χ0n) is 2.84. The van der Waals surface area contributed by atoms with Crippen molar-refractivity contribution in [3.63, 3.8) is 0 Å². The Labute approximate surface area is 40.2 Å². The highest BCUT2D eigenvalue weighted by Gasteiger charge is 1.81. The Morgan fingerprint density at radius 3 is 2.50 bits per heavy atom. The molecule has 4 nitrogen and oxygen atoms in total. The van der Waals surface area contributed by atoms with Crippen molar-refractivity contribution in [1.82, 2.24) is 5.48 Å². The summed E-state index contributed by atoms with van der Waals surface area (Å²) in [4.78, 5) is 9.54. The van der Waals surface area contributed by atoms with E-state index in [9.17, 15) is 4.79 Å². The van der Waals surface area contributed by atoms with Gasteiger partial charge in [-0.05, 0) is 0 Å². The summed E-state index contributed by atoms with van der Waals surface area (Å²) in [5.41, 5.74) is 6.19. The fourth-order valence-corrected chi connectivity index (χ4v) is 0.135. The number of hydroxylamine groups is 1. The number of primary amides is 1. The molecular weight excluding hydrogens is 104 g/mol. The monoisotopic (exact) mass is 108 g/mol. The molecule has 6 heavy (non-hydrogen) atoms. The number of carbonyl (C=O) groups excluding carboxylic acids is 1. The van der Waals surface area contributed by atoms with Gasteiger partial charge in [0.15, 0.2) is 0 Å². The highest BCUT2D eigenvalue weighted by Crippen LogP contribution is 1.64. The molecule has 0 saturated carbocycles. The maximum atomic E-state index is 9.54. The fraction of sp³-hybridized carbons (Fsp3) is 0. The number of amides is 2. The predicted molar refractivity (Wildman–Crippen MR) is 22.8 cm³/mol. The predicted octanol–water partition coefficient (Wildman–Crippen LogP) is -0.569. The van der Waals surface area contributed by atoms with E-state index in [1.54, 1.807) is 5.48 Å². The van der Waals surface area contributed by atoms with Crippen LogP contribution in [0.1, 0.15) is 0 Å². The van der Waals surface area contributed by atoms with Crippen molar-refractivity contribution < 1.29 is 9.08 Å². The first-order chi connectivity index (χ1) is 2.77. The third kappa shape index (κ3) is 3.58. The van der Waals surface area contributed by atoms with E-state index in [0.717, 1.165) is 0 Å². The molecule has 0 aromatic rings. The summed E-state index contributed by atoms with van der Waals surface area (Å²) in [6.07, 6.45) is 0. The smallest absolute Gasteiger partial charge is 0.337 e. The first-order valence-corrected chi connectivity index (χ1v) is 1.49. The van der Waals surface area contributed by atoms with Gasteiger partial charge in [0.1, 0.15) is 0 Å². The lowest BCUT2D eigenvalue weighted by molar-refractivity contribution is 0.205. The number of rotatable bonds is 1. The standard InChI is InChI=1S/CH4N2O2S/c2-1(4)3-5-6/h6H,(H3,2,3,4). The lowest BCUT2D eigenvalue weighted by atomic mass is 11.2. The maximum absolute atomic E-state index is 9.54. The van der Waals surface area contributed by atoms with Crippen LogP contribution in [0.5, 0.6) is 0 Å². The molecule has 0 aliphatic carbocycles. The summed E-state index contributed by atoms with van der Waals surface area (Å²) >= 11 is 3.15. The number of nitrogens with one attached hydrogen (secondary N) is 1. The van der Waals surface area contributed by atoms with Gasteiger partial charge in [-0.1, -0.05) is 0 Å². The van der Waals surface area contributed by atoms with Crippen molar-refractivity contribution in [3.8, 4) is 0 Å². The lowest BCUT2D eigenvalue weighted by Gasteiger charge is -1.88. The summed E-state index contributed by atoms with van der Waals surface area (Å²) in [6.45, 7) is 0. The molecule has 0 spiro atoms. The van der Waals surface area contributed by atoms with Crippen molar-refractivity contribution >= 4 is 18.9 Å². The van der Waals surface area contributed by atoms with Crippen LogP contribution in [0.4, 0.5) is 4.79 Å². The number of hydrogen-bond donors (Lipinski definition) is 3. The van der Waals surface area contributed by atoms with Crippen molar-refractivity contribution in [2.75, 3.05) is 0 Å². The molecule has 0 rings (SSSR count). The Morgan fingerprint density at radius 1 is 2.00 bits per heavy atom. The van der Waals surface area contributed by atoms with Crippen molar-refractivity contribution in [2.24, 2.45) is 5.73 Å². The molecule has 0 heterocycles. The van der Waals surface area contributed by atoms with E-state index in [2.05, 4.69) is 22.9 Å². The number of carbonyl (C=O) groups is 1. The van der Waals surface area contributed by atoms with E-state index in [1.165, 1.54) is 0 Å². The lowest BCUT2D eigenvalue weighted by Crippen LogP contribution is -2.26. The van der Waals surface area contributed by atoms with E-state index in [-0.39, 0.29) is 0 Å². The second kappa shape index (κ2) is 2.80. The molecule has 0 aliphatic heterocycles. The Balaban J connectivity index is 2.83. The minimum Gasteiger partial charge on any atom is -0.350 e. The van der Waals surface area contributed by atoms with Crippen LogP contribution in [-0.4, -0.2) is 6.03 Å². The third-order valence-corrected chi connectivity index (χ3v) is 0.238. The van der Waals surface area contributed by atoms with Gasteiger partial charge in [-0.2, -0.15) is 0 Å². The minimum atomic E-state index is -0.759. The first kappa shape index (κ1) is 5.58. The molecule has 36 valence electrons. The molecule has 0 radical (unpaired) electrons. The molecule has 0 aliphatic rings. The highest BCUT2D eigenvalue weighted by molar-refractivity contribution is 7.75. The van der Waals surface area contributed by atoms with Gasteiger partial charge in [-0.3, -0.25) is 0 Å². The van der Waals surface area contributed by atoms with Gasteiger partial charge in [-0.25, -0.2) is 14.6 Å². The number of nitrogens with two attached hydrogens (primary N) is 1. The average molecular weight is 108 g/mol. The summed E-state index contributed by atoms with van der Waals surface area (Å²) in [5.74, 6) is 0. The van der Waals surface area contributed by atoms with Gasteiger partial charge in [0.05, 0.1) is 0 Å². The SMILES string of the molecule is NC(=O)NOS. The molecule has 0 bridgehead atoms. The van der Waals surface area contributed by atoms with Gasteiger partial charge in [0.25, 0.3) is 0 Å². The molecule has 5 heteroatoms. The second-order valence-electron chi connectivity index (χ2n) is 0.558. The minimum absolute atomic E-state index is 0.759. The van der Waals surface area contributed by atoms with Crippen LogP contribution in [0.2, 0.25) is 0 Å². The molecule has 3 N–H and O–H groups in total. The molecule has 0 aromatic carbocycles. The number of urea groups is 1. The molecule has 0 atom stereocenters. The average Bonchev–Trinajstić information content (AvgIpc) is 1.35. The quantitative estimate of drug-likeness (QED) is 0.239. The Bertz CT molecular complexity index is 55.5. The normalized spacial score (nSPS) is 7.50. The van der Waals surface area contributed by atoms with Crippen molar-refractivity contribution in [3.05, 3.63) is 0 Å². The molecule has 0 fully saturated rings. The van der Waals surface area contributed by atoms with Crippen LogP contribution >= 0.6 is 12.9 Å². The van der Waals surface area contributed by atoms with Gasteiger partial charge in [0.2, 0.25) is 0 Å². The second-order valence-corrected chi connectivity index (χ2v) is 0.740. The maximum Gasteiger partial charge on any atom is 0.337 e. The largest absolute Gasteiger partial charge is 0.350 e. The van der Waals surface area contributed by atoms with Gasteiger partial charge >= 0.3 is 6.03 Å². The summed E-state index contributed by atoms with van der Waals surface area (Å²) in [6, 6.07) is -0.759. The van der Waals surface area contributed by atoms with E-state index in [1.807, 2.05) is 0 Å². The number of hydrogen-bond acceptors (Lipinski definition) is 3. The van der Waals surface area contributed by atoms with Crippen LogP contribution in [0.25, 0.3) is 0 Å². The molecule has 0 unspecified atom stereocenters. The molecule has 2 amide bonds. The third-order valence-electron chi connectivity index (χ3n) is 0.146. The zero-order valence-corrected chi connectivity index (χ0v) is 3.74. The van der Waals surface area contributed by atoms with E-state index >= 15 is 0 Å². The van der Waals surface area contributed by atoms with Gasteiger partial charge < -0.3 is 5.73 Å². The molecular formula is CH4N2O2S. The summed E-state index contributed by atoms with van der Waals surface area (Å²) < 4.78 is 3.77. The van der Waals surface area contributed by atoms with Gasteiger partial charge in [0, 0.05) is 12.9 Å². The summed E-state index contributed by atoms with van der Waals surface area (Å²) in [5, 5.41) is 0. The van der Waals surface area contributed by atoms with Crippen LogP contribution in [0, 0.1) is 0 Å². The van der Waals surface area contributed by atoms with Crippen LogP contribution in [-0.2, 0) is 4.28 Å². The first-order valence-electron chi connectivity index (χ1n) is 1.13. The van der Waals surface area contributed by atoms with Crippen LogP contribution in [0.15, 0.2) is 0 Å². The Kier molecular flexibility index (Phi) is 2.60. The number of thiol groups is 1. The van der Waals surface area contributed by atoms with E-state index < -0.39 is 6.03 Å². The van der Waals surface area contributed by atoms with Crippen molar-refractivity contribution in [2.45, 2.75) is 0 Å². The van der Waals surface area contributed by atoms with Gasteiger partial charge in [-0.15, -0.1) is 0 Å². The molecule has 0 saturated heterocycles. The van der Waals surface area contributed by atoms with E-state index in [4.69, 9.17) is 0 Å². The Hall–Kier alpha value is -0.420. The fourth-order valence-electron chi connectivity index (χ4n) is 0.0450. The highest BCUT2D eigenvalue weighted by atomic mass is 32.1. The zero-order chi connectivity index (χ0) is 4.99. The summed E-state index contributed by atoms with van der Waals surface area (Å²) in [7, 11) is 0. The van der Waals surface area contributed by atoms with Crippen molar-refractivity contribution in [1.29, 1.82) is 0 Å². The molecule has 0 aromatic heterocycles.